The summed E-state index contributed by atoms with van der Waals surface area (Å²) in [6, 6.07) is 5.89. The van der Waals surface area contributed by atoms with Gasteiger partial charge >= 0.3 is 0 Å². The summed E-state index contributed by atoms with van der Waals surface area (Å²) in [5.74, 6) is 1.53. The van der Waals surface area contributed by atoms with Crippen molar-refractivity contribution in [1.82, 2.24) is 10.6 Å². The second-order valence-corrected chi connectivity index (χ2v) is 4.66. The van der Waals surface area contributed by atoms with Gasteiger partial charge in [-0.25, -0.2) is 0 Å². The summed E-state index contributed by atoms with van der Waals surface area (Å²) in [6.45, 7) is 7.07. The third-order valence-corrected chi connectivity index (χ3v) is 2.94. The van der Waals surface area contributed by atoms with Gasteiger partial charge in [-0.2, -0.15) is 0 Å². The largest absolute Gasteiger partial charge is 0.490 e. The number of ether oxygens (including phenoxy) is 3. The van der Waals surface area contributed by atoms with Crippen molar-refractivity contribution in [1.29, 1.82) is 0 Å². The molecule has 0 aliphatic rings. The molecule has 1 aromatic carbocycles. The fraction of sp³-hybridized carbons (Fsp3) is 0.533. The van der Waals surface area contributed by atoms with Crippen molar-refractivity contribution >= 4 is 17.3 Å². The van der Waals surface area contributed by atoms with E-state index in [9.17, 15) is 0 Å². The second-order valence-electron chi connectivity index (χ2n) is 4.25. The minimum Gasteiger partial charge on any atom is -0.490 e. The van der Waals surface area contributed by atoms with Crippen molar-refractivity contribution < 1.29 is 14.2 Å². The van der Waals surface area contributed by atoms with Crippen molar-refractivity contribution in [2.24, 2.45) is 0 Å². The van der Waals surface area contributed by atoms with Crippen molar-refractivity contribution in [3.05, 3.63) is 23.8 Å². The van der Waals surface area contributed by atoms with Crippen LogP contribution in [0.3, 0.4) is 0 Å². The molecule has 0 aliphatic carbocycles. The number of rotatable bonds is 9. The van der Waals surface area contributed by atoms with Crippen LogP contribution in [0.2, 0.25) is 0 Å². The van der Waals surface area contributed by atoms with Gasteiger partial charge in [-0.15, -0.1) is 0 Å². The van der Waals surface area contributed by atoms with Crippen LogP contribution in [0.25, 0.3) is 0 Å². The Morgan fingerprint density at radius 1 is 1.10 bits per heavy atom. The van der Waals surface area contributed by atoms with Gasteiger partial charge in [0.15, 0.2) is 16.6 Å². The number of methoxy groups -OCH3 is 1. The lowest BCUT2D eigenvalue weighted by Gasteiger charge is -2.14. The molecular weight excluding hydrogens is 288 g/mol. The molecule has 0 saturated carbocycles. The molecule has 5 nitrogen and oxygen atoms in total. The Hall–Kier alpha value is -1.53. The molecule has 0 spiro atoms. The Balaban J connectivity index is 2.54. The van der Waals surface area contributed by atoms with Crippen LogP contribution in [0.4, 0.5) is 0 Å². The number of nitrogens with one attached hydrogen (secondary N) is 2. The fourth-order valence-electron chi connectivity index (χ4n) is 1.72. The van der Waals surface area contributed by atoms with Crippen molar-refractivity contribution in [3.63, 3.8) is 0 Å². The van der Waals surface area contributed by atoms with Gasteiger partial charge in [0.05, 0.1) is 19.8 Å². The lowest BCUT2D eigenvalue weighted by Crippen LogP contribution is -2.36. The van der Waals surface area contributed by atoms with Crippen LogP contribution in [0, 0.1) is 0 Å². The SMILES string of the molecule is CCOc1ccc(CNC(=S)NCCOC)cc1OCC. The molecule has 21 heavy (non-hydrogen) atoms. The average Bonchev–Trinajstić information content (AvgIpc) is 2.48. The Kier molecular flexibility index (Phi) is 8.54. The first-order chi connectivity index (χ1) is 10.2. The third kappa shape index (κ3) is 6.64. The van der Waals surface area contributed by atoms with E-state index in [1.807, 2.05) is 32.0 Å². The molecule has 0 fully saturated rings. The van der Waals surface area contributed by atoms with Crippen LogP contribution in [0.15, 0.2) is 18.2 Å². The quantitative estimate of drug-likeness (QED) is 0.538. The van der Waals surface area contributed by atoms with E-state index in [2.05, 4.69) is 10.6 Å². The molecule has 0 radical (unpaired) electrons. The highest BCUT2D eigenvalue weighted by Gasteiger charge is 2.06. The minimum atomic E-state index is 0.605. The van der Waals surface area contributed by atoms with Crippen LogP contribution in [-0.2, 0) is 11.3 Å². The van der Waals surface area contributed by atoms with E-state index < -0.39 is 0 Å². The molecule has 0 atom stereocenters. The van der Waals surface area contributed by atoms with E-state index in [0.717, 1.165) is 17.1 Å². The zero-order valence-electron chi connectivity index (χ0n) is 12.9. The third-order valence-electron chi connectivity index (χ3n) is 2.65. The molecular formula is C15H24N2O3S. The highest BCUT2D eigenvalue weighted by molar-refractivity contribution is 7.80. The summed E-state index contributed by atoms with van der Waals surface area (Å²) >= 11 is 5.18. The molecule has 0 unspecified atom stereocenters. The first-order valence-electron chi connectivity index (χ1n) is 7.10. The van der Waals surface area contributed by atoms with Gasteiger partial charge in [-0.3, -0.25) is 0 Å². The summed E-state index contributed by atoms with van der Waals surface area (Å²) in [5.41, 5.74) is 1.08. The summed E-state index contributed by atoms with van der Waals surface area (Å²) < 4.78 is 16.1. The zero-order valence-corrected chi connectivity index (χ0v) is 13.7. The second kappa shape index (κ2) is 10.2. The summed E-state index contributed by atoms with van der Waals surface area (Å²) in [5, 5.41) is 6.82. The van der Waals surface area contributed by atoms with Gasteiger partial charge in [0, 0.05) is 20.2 Å². The number of thiocarbonyl (C=S) groups is 1. The monoisotopic (exact) mass is 312 g/mol. The highest BCUT2D eigenvalue weighted by Crippen LogP contribution is 2.28. The molecule has 118 valence electrons. The zero-order chi connectivity index (χ0) is 15.5. The Morgan fingerprint density at radius 3 is 2.48 bits per heavy atom. The molecule has 1 rings (SSSR count). The number of hydrogen-bond acceptors (Lipinski definition) is 4. The summed E-state index contributed by atoms with van der Waals surface area (Å²) in [7, 11) is 1.66. The van der Waals surface area contributed by atoms with Gasteiger partial charge in [0.2, 0.25) is 0 Å². The Morgan fingerprint density at radius 2 is 1.81 bits per heavy atom. The van der Waals surface area contributed by atoms with E-state index in [-0.39, 0.29) is 0 Å². The maximum absolute atomic E-state index is 5.60. The van der Waals surface area contributed by atoms with Crippen molar-refractivity contribution in [3.8, 4) is 11.5 Å². The molecule has 0 heterocycles. The van der Waals surface area contributed by atoms with Gasteiger partial charge in [-0.05, 0) is 43.8 Å². The van der Waals surface area contributed by atoms with E-state index in [1.54, 1.807) is 7.11 Å². The minimum absolute atomic E-state index is 0.605. The van der Waals surface area contributed by atoms with Gasteiger partial charge < -0.3 is 24.8 Å². The van der Waals surface area contributed by atoms with E-state index in [0.29, 0.717) is 38.0 Å². The van der Waals surface area contributed by atoms with Gasteiger partial charge in [0.1, 0.15) is 0 Å². The lowest BCUT2D eigenvalue weighted by molar-refractivity contribution is 0.204. The molecule has 1 aromatic rings. The molecule has 2 N–H and O–H groups in total. The predicted octanol–water partition coefficient (Wildman–Crippen LogP) is 2.09. The van der Waals surface area contributed by atoms with Crippen LogP contribution in [-0.4, -0.2) is 38.6 Å². The maximum Gasteiger partial charge on any atom is 0.166 e. The van der Waals surface area contributed by atoms with Crippen LogP contribution in [0.5, 0.6) is 11.5 Å². The Labute approximate surface area is 132 Å². The molecule has 0 amide bonds. The molecule has 0 saturated heterocycles. The lowest BCUT2D eigenvalue weighted by atomic mass is 10.2. The maximum atomic E-state index is 5.60. The summed E-state index contributed by atoms with van der Waals surface area (Å²) in [6.07, 6.45) is 0. The van der Waals surface area contributed by atoms with E-state index >= 15 is 0 Å². The highest BCUT2D eigenvalue weighted by atomic mass is 32.1. The molecule has 0 aromatic heterocycles. The van der Waals surface area contributed by atoms with Crippen LogP contribution < -0.4 is 20.1 Å². The first-order valence-corrected chi connectivity index (χ1v) is 7.51. The summed E-state index contributed by atoms with van der Waals surface area (Å²) in [4.78, 5) is 0. The van der Waals surface area contributed by atoms with Crippen LogP contribution in [0.1, 0.15) is 19.4 Å². The molecule has 0 bridgehead atoms. The first kappa shape index (κ1) is 17.5. The van der Waals surface area contributed by atoms with Gasteiger partial charge in [-0.1, -0.05) is 6.07 Å². The predicted molar refractivity (Wildman–Crippen MR) is 88.1 cm³/mol. The van der Waals surface area contributed by atoms with Crippen molar-refractivity contribution in [2.75, 3.05) is 33.5 Å². The Bertz CT molecular complexity index is 441. The molecule has 0 aliphatic heterocycles. The topological polar surface area (TPSA) is 51.8 Å². The van der Waals surface area contributed by atoms with Crippen LogP contribution >= 0.6 is 12.2 Å². The normalized spacial score (nSPS) is 10.0. The van der Waals surface area contributed by atoms with E-state index in [4.69, 9.17) is 26.4 Å². The van der Waals surface area contributed by atoms with Crippen molar-refractivity contribution in [2.45, 2.75) is 20.4 Å². The number of benzene rings is 1. The average molecular weight is 312 g/mol. The number of hydrogen-bond donors (Lipinski definition) is 2. The smallest absolute Gasteiger partial charge is 0.166 e. The van der Waals surface area contributed by atoms with Gasteiger partial charge in [0.25, 0.3) is 0 Å². The standard InChI is InChI=1S/C15H24N2O3S/c1-4-19-13-7-6-12(10-14(13)20-5-2)11-17-15(21)16-8-9-18-3/h6-7,10H,4-5,8-9,11H2,1-3H3,(H2,16,17,21). The molecule has 6 heteroatoms. The fourth-order valence-corrected chi connectivity index (χ4v) is 1.89. The van der Waals surface area contributed by atoms with E-state index in [1.165, 1.54) is 0 Å².